The number of nitrogens with one attached hydrogen (secondary N) is 2. The summed E-state index contributed by atoms with van der Waals surface area (Å²) in [5.41, 5.74) is 0.428. The van der Waals surface area contributed by atoms with Crippen molar-refractivity contribution in [3.63, 3.8) is 0 Å². The zero-order chi connectivity index (χ0) is 19.3. The number of benzene rings is 1. The molecular weight excluding hydrogens is 357 g/mol. The Morgan fingerprint density at radius 2 is 1.96 bits per heavy atom. The zero-order valence-corrected chi connectivity index (χ0v) is 15.6. The smallest absolute Gasteiger partial charge is 0.405 e. The lowest BCUT2D eigenvalue weighted by Gasteiger charge is -2.24. The van der Waals surface area contributed by atoms with Gasteiger partial charge in [-0.3, -0.25) is 9.89 Å². The van der Waals surface area contributed by atoms with E-state index in [-0.39, 0.29) is 12.3 Å². The normalized spacial score (nSPS) is 22.2. The van der Waals surface area contributed by atoms with Gasteiger partial charge in [0, 0.05) is 44.3 Å². The fraction of sp³-hybridized carbons (Fsp3) is 0.632. The van der Waals surface area contributed by atoms with Crippen molar-refractivity contribution in [3.05, 3.63) is 29.8 Å². The van der Waals surface area contributed by atoms with E-state index in [1.54, 1.807) is 19.2 Å². The minimum Gasteiger partial charge on any atom is -0.405 e. The van der Waals surface area contributed by atoms with Crippen LogP contribution in [0, 0.1) is 0 Å². The van der Waals surface area contributed by atoms with Gasteiger partial charge in [0.15, 0.2) is 5.96 Å². The number of hydrogen-bond acceptors (Lipinski definition) is 3. The van der Waals surface area contributed by atoms with Gasteiger partial charge in [0.1, 0.15) is 5.75 Å². The molecule has 1 atom stereocenters. The van der Waals surface area contributed by atoms with E-state index in [9.17, 15) is 13.2 Å². The van der Waals surface area contributed by atoms with Gasteiger partial charge in [0.05, 0.1) is 0 Å². The third-order valence-electron chi connectivity index (χ3n) is 5.27. The summed E-state index contributed by atoms with van der Waals surface area (Å²) in [6, 6.07) is 7.15. The van der Waals surface area contributed by atoms with Crippen molar-refractivity contribution in [1.82, 2.24) is 15.5 Å². The van der Waals surface area contributed by atoms with Gasteiger partial charge >= 0.3 is 6.36 Å². The maximum absolute atomic E-state index is 12.5. The number of halogens is 3. The Morgan fingerprint density at radius 1 is 1.22 bits per heavy atom. The van der Waals surface area contributed by atoms with E-state index in [0.717, 1.165) is 19.5 Å². The highest BCUT2D eigenvalue weighted by molar-refractivity contribution is 5.80. The first-order valence-corrected chi connectivity index (χ1v) is 9.49. The number of hydrogen-bond donors (Lipinski definition) is 2. The molecule has 8 heteroatoms. The molecule has 1 saturated heterocycles. The number of guanidine groups is 1. The highest BCUT2D eigenvalue weighted by Crippen LogP contribution is 2.27. The number of likely N-dealkylation sites (tertiary alicyclic amines) is 1. The second kappa shape index (κ2) is 8.82. The third kappa shape index (κ3) is 5.76. The van der Waals surface area contributed by atoms with E-state index < -0.39 is 6.36 Å². The van der Waals surface area contributed by atoms with Gasteiger partial charge in [-0.1, -0.05) is 31.0 Å². The number of para-hydroxylation sites is 1. The molecule has 0 amide bonds. The van der Waals surface area contributed by atoms with Crippen molar-refractivity contribution in [1.29, 1.82) is 0 Å². The Bertz CT molecular complexity index is 644. The first-order chi connectivity index (χ1) is 12.9. The summed E-state index contributed by atoms with van der Waals surface area (Å²) in [6.45, 7) is 2.27. The lowest BCUT2D eigenvalue weighted by molar-refractivity contribution is -0.274. The van der Waals surface area contributed by atoms with Crippen molar-refractivity contribution in [3.8, 4) is 5.75 Å². The van der Waals surface area contributed by atoms with Crippen LogP contribution in [-0.2, 0) is 6.54 Å². The Kier molecular flexibility index (Phi) is 6.46. The van der Waals surface area contributed by atoms with Crippen LogP contribution in [0.15, 0.2) is 29.3 Å². The molecule has 1 aromatic carbocycles. The summed E-state index contributed by atoms with van der Waals surface area (Å²) in [4.78, 5) is 6.75. The van der Waals surface area contributed by atoms with Gasteiger partial charge in [0.2, 0.25) is 0 Å². The maximum Gasteiger partial charge on any atom is 0.573 e. The van der Waals surface area contributed by atoms with Crippen LogP contribution in [0.1, 0.15) is 37.7 Å². The molecule has 0 aromatic heterocycles. The highest BCUT2D eigenvalue weighted by Gasteiger charge is 2.32. The minimum absolute atomic E-state index is 0.193. The molecular formula is C19H27F3N4O. The summed E-state index contributed by atoms with van der Waals surface area (Å²) in [5.74, 6) is 0.399. The molecule has 0 spiro atoms. The van der Waals surface area contributed by atoms with Crippen LogP contribution in [0.5, 0.6) is 5.75 Å². The number of rotatable bonds is 5. The molecule has 5 nitrogen and oxygen atoms in total. The second-order valence-corrected chi connectivity index (χ2v) is 7.14. The summed E-state index contributed by atoms with van der Waals surface area (Å²) in [6.07, 6.45) is 1.56. The van der Waals surface area contributed by atoms with Crippen LogP contribution >= 0.6 is 0 Å². The van der Waals surface area contributed by atoms with Crippen LogP contribution < -0.4 is 15.4 Å². The van der Waals surface area contributed by atoms with E-state index in [0.29, 0.717) is 23.6 Å². The zero-order valence-electron chi connectivity index (χ0n) is 15.6. The van der Waals surface area contributed by atoms with Crippen molar-refractivity contribution in [2.75, 3.05) is 20.1 Å². The standard InChI is InChI=1S/C19H27F3N4O/c1-23-18(25-15-10-11-26(13-15)16-7-3-4-8-16)24-12-14-6-2-5-9-17(14)27-19(20,21)22/h2,5-6,9,15-16H,3-4,7-8,10-13H2,1H3,(H2,23,24,25). The quantitative estimate of drug-likeness (QED) is 0.604. The van der Waals surface area contributed by atoms with E-state index in [1.807, 2.05) is 0 Å². The fourth-order valence-electron chi connectivity index (χ4n) is 3.95. The van der Waals surface area contributed by atoms with Crippen LogP contribution in [-0.4, -0.2) is 49.4 Å². The highest BCUT2D eigenvalue weighted by atomic mass is 19.4. The second-order valence-electron chi connectivity index (χ2n) is 7.14. The molecule has 1 heterocycles. The lowest BCUT2D eigenvalue weighted by Crippen LogP contribution is -2.45. The molecule has 2 fully saturated rings. The Balaban J connectivity index is 1.51. The van der Waals surface area contributed by atoms with Crippen LogP contribution in [0.2, 0.25) is 0 Å². The van der Waals surface area contributed by atoms with E-state index >= 15 is 0 Å². The van der Waals surface area contributed by atoms with Gasteiger partial charge in [-0.05, 0) is 25.3 Å². The molecule has 1 saturated carbocycles. The molecule has 0 bridgehead atoms. The molecule has 0 radical (unpaired) electrons. The van der Waals surface area contributed by atoms with Crippen LogP contribution in [0.4, 0.5) is 13.2 Å². The van der Waals surface area contributed by atoms with Gasteiger partial charge < -0.3 is 15.4 Å². The molecule has 1 aromatic rings. The fourth-order valence-corrected chi connectivity index (χ4v) is 3.95. The maximum atomic E-state index is 12.5. The molecule has 2 N–H and O–H groups in total. The first kappa shape index (κ1) is 19.8. The van der Waals surface area contributed by atoms with E-state index in [4.69, 9.17) is 0 Å². The molecule has 1 aliphatic carbocycles. The predicted octanol–water partition coefficient (Wildman–Crippen LogP) is 3.27. The van der Waals surface area contributed by atoms with Gasteiger partial charge in [-0.2, -0.15) is 0 Å². The number of ether oxygens (including phenoxy) is 1. The summed E-state index contributed by atoms with van der Waals surface area (Å²) >= 11 is 0. The third-order valence-corrected chi connectivity index (χ3v) is 5.27. The molecule has 1 aliphatic heterocycles. The monoisotopic (exact) mass is 384 g/mol. The average molecular weight is 384 g/mol. The van der Waals surface area contributed by atoms with E-state index in [1.165, 1.54) is 37.8 Å². The van der Waals surface area contributed by atoms with Gasteiger partial charge in [-0.25, -0.2) is 0 Å². The van der Waals surface area contributed by atoms with Crippen molar-refractivity contribution >= 4 is 5.96 Å². The van der Waals surface area contributed by atoms with Gasteiger partial charge in [0.25, 0.3) is 0 Å². The summed E-state index contributed by atoms with van der Waals surface area (Å²) in [5, 5.41) is 6.49. The first-order valence-electron chi connectivity index (χ1n) is 9.49. The van der Waals surface area contributed by atoms with Crippen molar-refractivity contribution < 1.29 is 17.9 Å². The SMILES string of the molecule is CN=C(NCc1ccccc1OC(F)(F)F)NC1CCN(C2CCCC2)C1. The largest absolute Gasteiger partial charge is 0.573 e. The summed E-state index contributed by atoms with van der Waals surface area (Å²) < 4.78 is 41.7. The Labute approximate surface area is 158 Å². The lowest BCUT2D eigenvalue weighted by atomic mass is 10.2. The Hall–Kier alpha value is -1.96. The average Bonchev–Trinajstić information content (AvgIpc) is 3.30. The van der Waals surface area contributed by atoms with Gasteiger partial charge in [-0.15, -0.1) is 13.2 Å². The Morgan fingerprint density at radius 3 is 2.67 bits per heavy atom. The minimum atomic E-state index is -4.70. The van der Waals surface area contributed by atoms with E-state index in [2.05, 4.69) is 25.3 Å². The van der Waals surface area contributed by atoms with Crippen molar-refractivity contribution in [2.24, 2.45) is 4.99 Å². The summed E-state index contributed by atoms with van der Waals surface area (Å²) in [7, 11) is 1.66. The molecule has 2 aliphatic rings. The predicted molar refractivity (Wildman–Crippen MR) is 98.7 cm³/mol. The molecule has 27 heavy (non-hydrogen) atoms. The number of aliphatic imine (C=N–C) groups is 1. The van der Waals surface area contributed by atoms with Crippen LogP contribution in [0.25, 0.3) is 0 Å². The number of nitrogens with zero attached hydrogens (tertiary/aromatic N) is 2. The molecule has 1 unspecified atom stereocenters. The number of alkyl halides is 3. The van der Waals surface area contributed by atoms with Crippen molar-refractivity contribution in [2.45, 2.75) is 57.1 Å². The topological polar surface area (TPSA) is 48.9 Å². The molecule has 3 rings (SSSR count). The molecule has 150 valence electrons. The van der Waals surface area contributed by atoms with Crippen LogP contribution in [0.3, 0.4) is 0 Å².